The lowest BCUT2D eigenvalue weighted by Gasteiger charge is -2.37. The molecule has 5 nitrogen and oxygen atoms in total. The van der Waals surface area contributed by atoms with Crippen LogP contribution in [0.2, 0.25) is 0 Å². The van der Waals surface area contributed by atoms with Crippen LogP contribution in [0, 0.1) is 17.2 Å². The van der Waals surface area contributed by atoms with E-state index in [-0.39, 0.29) is 5.91 Å². The SMILES string of the molecule is CCCCOc1ccc(NC(=O)[C@]2(OC)CCC[C@@H](C)C2)c(C#N)c1. The Labute approximate surface area is 150 Å². The predicted octanol–water partition coefficient (Wildman–Crippen LogP) is 4.27. The average Bonchev–Trinajstić information content (AvgIpc) is 2.62. The summed E-state index contributed by atoms with van der Waals surface area (Å²) in [6.07, 6.45) is 5.52. The van der Waals surface area contributed by atoms with E-state index in [2.05, 4.69) is 25.2 Å². The van der Waals surface area contributed by atoms with E-state index in [1.165, 1.54) is 0 Å². The molecular formula is C20H28N2O3. The fraction of sp³-hybridized carbons (Fsp3) is 0.600. The molecule has 1 amide bonds. The molecule has 1 fully saturated rings. The number of benzene rings is 1. The molecule has 136 valence electrons. The van der Waals surface area contributed by atoms with Crippen molar-refractivity contribution < 1.29 is 14.3 Å². The summed E-state index contributed by atoms with van der Waals surface area (Å²) in [7, 11) is 1.59. The largest absolute Gasteiger partial charge is 0.494 e. The maximum absolute atomic E-state index is 12.9. The van der Waals surface area contributed by atoms with Crippen LogP contribution in [0.4, 0.5) is 5.69 Å². The number of methoxy groups -OCH3 is 1. The van der Waals surface area contributed by atoms with Crippen LogP contribution in [0.5, 0.6) is 5.75 Å². The Morgan fingerprint density at radius 2 is 2.28 bits per heavy atom. The lowest BCUT2D eigenvalue weighted by molar-refractivity contribution is -0.143. The summed E-state index contributed by atoms with van der Waals surface area (Å²) < 4.78 is 11.3. The summed E-state index contributed by atoms with van der Waals surface area (Å²) in [6, 6.07) is 7.33. The van der Waals surface area contributed by atoms with Gasteiger partial charge in [0, 0.05) is 7.11 Å². The highest BCUT2D eigenvalue weighted by atomic mass is 16.5. The molecule has 0 aliphatic heterocycles. The van der Waals surface area contributed by atoms with Gasteiger partial charge in [-0.25, -0.2) is 0 Å². The molecule has 0 bridgehead atoms. The molecule has 5 heteroatoms. The van der Waals surface area contributed by atoms with Gasteiger partial charge in [0.2, 0.25) is 0 Å². The fourth-order valence-electron chi connectivity index (χ4n) is 3.37. The van der Waals surface area contributed by atoms with Crippen molar-refractivity contribution in [2.45, 2.75) is 58.0 Å². The number of ether oxygens (including phenoxy) is 2. The Bertz CT molecular complexity index is 638. The van der Waals surface area contributed by atoms with E-state index in [4.69, 9.17) is 9.47 Å². The molecule has 0 radical (unpaired) electrons. The van der Waals surface area contributed by atoms with Gasteiger partial charge in [0.25, 0.3) is 5.91 Å². The molecule has 0 unspecified atom stereocenters. The van der Waals surface area contributed by atoms with E-state index in [1.54, 1.807) is 25.3 Å². The van der Waals surface area contributed by atoms with Crippen molar-refractivity contribution in [1.82, 2.24) is 0 Å². The number of carbonyl (C=O) groups excluding carboxylic acids is 1. The van der Waals surface area contributed by atoms with Crippen LogP contribution in [0.15, 0.2) is 18.2 Å². The number of nitriles is 1. The number of nitrogens with one attached hydrogen (secondary N) is 1. The van der Waals surface area contributed by atoms with Gasteiger partial charge in [-0.2, -0.15) is 5.26 Å². The van der Waals surface area contributed by atoms with Gasteiger partial charge in [0.1, 0.15) is 17.4 Å². The highest BCUT2D eigenvalue weighted by Crippen LogP contribution is 2.36. The van der Waals surface area contributed by atoms with Crippen LogP contribution in [0.3, 0.4) is 0 Å². The van der Waals surface area contributed by atoms with E-state index in [9.17, 15) is 10.1 Å². The van der Waals surface area contributed by atoms with Crippen LogP contribution in [0.1, 0.15) is 57.9 Å². The number of nitrogens with zero attached hydrogens (tertiary/aromatic N) is 1. The van der Waals surface area contributed by atoms with Gasteiger partial charge in [-0.05, 0) is 49.8 Å². The lowest BCUT2D eigenvalue weighted by Crippen LogP contribution is -2.48. The van der Waals surface area contributed by atoms with E-state index >= 15 is 0 Å². The smallest absolute Gasteiger partial charge is 0.256 e. The minimum Gasteiger partial charge on any atom is -0.494 e. The van der Waals surface area contributed by atoms with Crippen molar-refractivity contribution in [2.24, 2.45) is 5.92 Å². The summed E-state index contributed by atoms with van der Waals surface area (Å²) in [5.74, 6) is 0.928. The first kappa shape index (κ1) is 19.3. The number of hydrogen-bond donors (Lipinski definition) is 1. The molecule has 0 heterocycles. The second-order valence-corrected chi connectivity index (χ2v) is 6.88. The Morgan fingerprint density at radius 1 is 1.48 bits per heavy atom. The number of anilines is 1. The van der Waals surface area contributed by atoms with Gasteiger partial charge >= 0.3 is 0 Å². The minimum absolute atomic E-state index is 0.169. The number of amides is 1. The standard InChI is InChI=1S/C20H28N2O3/c1-4-5-11-25-17-8-9-18(16(12-17)14-21)22-19(23)20(24-3)10-6-7-15(2)13-20/h8-9,12,15H,4-7,10-11,13H2,1-3H3,(H,22,23)/t15-,20+/m1/s1. The third kappa shape index (κ3) is 4.73. The molecule has 1 aromatic rings. The third-order valence-electron chi connectivity index (χ3n) is 4.89. The average molecular weight is 344 g/mol. The van der Waals surface area contributed by atoms with Gasteiger partial charge in [0.15, 0.2) is 0 Å². The van der Waals surface area contributed by atoms with E-state index in [0.29, 0.717) is 42.4 Å². The first-order valence-corrected chi connectivity index (χ1v) is 9.08. The van der Waals surface area contributed by atoms with Crippen molar-refractivity contribution in [1.29, 1.82) is 5.26 Å². The second kappa shape index (κ2) is 8.87. The fourth-order valence-corrected chi connectivity index (χ4v) is 3.37. The molecule has 1 N–H and O–H groups in total. The van der Waals surface area contributed by atoms with E-state index in [1.807, 2.05) is 0 Å². The van der Waals surface area contributed by atoms with Gasteiger partial charge in [-0.3, -0.25) is 4.79 Å². The highest BCUT2D eigenvalue weighted by molar-refractivity contribution is 5.98. The lowest BCUT2D eigenvalue weighted by atomic mass is 9.78. The highest BCUT2D eigenvalue weighted by Gasteiger charge is 2.42. The zero-order valence-corrected chi connectivity index (χ0v) is 15.4. The van der Waals surface area contributed by atoms with Crippen molar-refractivity contribution in [3.63, 3.8) is 0 Å². The van der Waals surface area contributed by atoms with Crippen LogP contribution in [-0.2, 0) is 9.53 Å². The van der Waals surface area contributed by atoms with Crippen molar-refractivity contribution in [3.8, 4) is 11.8 Å². The quantitative estimate of drug-likeness (QED) is 0.750. The van der Waals surface area contributed by atoms with Crippen LogP contribution >= 0.6 is 0 Å². The van der Waals surface area contributed by atoms with Gasteiger partial charge in [-0.1, -0.05) is 26.7 Å². The molecule has 1 saturated carbocycles. The minimum atomic E-state index is -0.805. The normalized spacial score (nSPS) is 22.9. The molecule has 25 heavy (non-hydrogen) atoms. The molecule has 0 aromatic heterocycles. The van der Waals surface area contributed by atoms with Gasteiger partial charge in [0.05, 0.1) is 17.9 Å². The van der Waals surface area contributed by atoms with Crippen molar-refractivity contribution in [2.75, 3.05) is 19.0 Å². The first-order chi connectivity index (χ1) is 12.0. The van der Waals surface area contributed by atoms with Gasteiger partial charge in [-0.15, -0.1) is 0 Å². The van der Waals surface area contributed by atoms with Crippen LogP contribution in [-0.4, -0.2) is 25.2 Å². The third-order valence-corrected chi connectivity index (χ3v) is 4.89. The molecule has 1 aliphatic rings. The molecule has 0 spiro atoms. The Balaban J connectivity index is 2.13. The zero-order valence-electron chi connectivity index (χ0n) is 15.4. The van der Waals surface area contributed by atoms with Crippen molar-refractivity contribution >= 4 is 11.6 Å². The Hall–Kier alpha value is -2.06. The number of rotatable bonds is 7. The maximum Gasteiger partial charge on any atom is 0.256 e. The monoisotopic (exact) mass is 344 g/mol. The van der Waals surface area contributed by atoms with Crippen LogP contribution < -0.4 is 10.1 Å². The summed E-state index contributed by atoms with van der Waals surface area (Å²) in [6.45, 7) is 4.86. The maximum atomic E-state index is 12.9. The molecule has 0 saturated heterocycles. The summed E-state index contributed by atoms with van der Waals surface area (Å²) in [5, 5.41) is 12.3. The molecule has 1 aromatic carbocycles. The topological polar surface area (TPSA) is 71.3 Å². The molecule has 2 rings (SSSR count). The number of hydrogen-bond acceptors (Lipinski definition) is 4. The van der Waals surface area contributed by atoms with E-state index < -0.39 is 5.60 Å². The Morgan fingerprint density at radius 3 is 2.92 bits per heavy atom. The molecular weight excluding hydrogens is 316 g/mol. The molecule has 1 aliphatic carbocycles. The predicted molar refractivity (Wildman–Crippen MR) is 97.6 cm³/mol. The number of unbranched alkanes of at least 4 members (excludes halogenated alkanes) is 1. The zero-order chi connectivity index (χ0) is 18.3. The summed E-state index contributed by atoms with van der Waals surface area (Å²) in [4.78, 5) is 12.9. The Kier molecular flexibility index (Phi) is 6.83. The summed E-state index contributed by atoms with van der Waals surface area (Å²) >= 11 is 0. The molecule has 2 atom stereocenters. The first-order valence-electron chi connectivity index (χ1n) is 9.08. The second-order valence-electron chi connectivity index (χ2n) is 6.88. The van der Waals surface area contributed by atoms with Gasteiger partial charge < -0.3 is 14.8 Å². The van der Waals surface area contributed by atoms with E-state index in [0.717, 1.165) is 25.7 Å². The van der Waals surface area contributed by atoms with Crippen molar-refractivity contribution in [3.05, 3.63) is 23.8 Å². The summed E-state index contributed by atoms with van der Waals surface area (Å²) in [5.41, 5.74) is 0.100. The number of carbonyl (C=O) groups is 1. The van der Waals surface area contributed by atoms with Crippen LogP contribution in [0.25, 0.3) is 0 Å².